The summed E-state index contributed by atoms with van der Waals surface area (Å²) in [6, 6.07) is 0.177. The van der Waals surface area contributed by atoms with E-state index < -0.39 is 0 Å². The highest BCUT2D eigenvalue weighted by Crippen LogP contribution is 2.28. The molecule has 6 nitrogen and oxygen atoms in total. The molecule has 0 aliphatic rings. The summed E-state index contributed by atoms with van der Waals surface area (Å²) in [4.78, 5) is 10.9. The van der Waals surface area contributed by atoms with Crippen molar-refractivity contribution in [1.29, 1.82) is 0 Å². The first-order valence-corrected chi connectivity index (χ1v) is 7.08. The fraction of sp³-hybridized carbons (Fsp3) is 0.786. The largest absolute Gasteiger partial charge is 0.313 e. The van der Waals surface area contributed by atoms with Crippen molar-refractivity contribution in [2.75, 3.05) is 6.54 Å². The van der Waals surface area contributed by atoms with Crippen molar-refractivity contribution >= 4 is 5.69 Å². The van der Waals surface area contributed by atoms with Crippen molar-refractivity contribution in [1.82, 2.24) is 15.1 Å². The molecule has 1 N–H and O–H groups in total. The molecule has 1 heterocycles. The second-order valence-electron chi connectivity index (χ2n) is 6.34. The molecule has 0 aliphatic heterocycles. The van der Waals surface area contributed by atoms with Crippen LogP contribution in [0.1, 0.15) is 45.5 Å². The fourth-order valence-electron chi connectivity index (χ4n) is 2.36. The van der Waals surface area contributed by atoms with Crippen LogP contribution in [0.15, 0.2) is 0 Å². The number of aromatic nitrogens is 2. The van der Waals surface area contributed by atoms with Crippen LogP contribution in [-0.4, -0.2) is 27.3 Å². The predicted octanol–water partition coefficient (Wildman–Crippen LogP) is 2.59. The Bertz CT molecular complexity index is 474. The van der Waals surface area contributed by atoms with Gasteiger partial charge in [-0.25, -0.2) is 0 Å². The molecule has 0 amide bonds. The molecule has 1 unspecified atom stereocenters. The zero-order valence-electron chi connectivity index (χ0n) is 13.4. The smallest absolute Gasteiger partial charge is 0.313 e. The van der Waals surface area contributed by atoms with Gasteiger partial charge in [0.25, 0.3) is 0 Å². The third-order valence-electron chi connectivity index (χ3n) is 3.57. The first-order chi connectivity index (χ1) is 9.18. The Labute approximate surface area is 120 Å². The summed E-state index contributed by atoms with van der Waals surface area (Å²) in [5.74, 6) is 0. The summed E-state index contributed by atoms with van der Waals surface area (Å²) in [6.07, 6.45) is 1.65. The molecule has 0 saturated heterocycles. The van der Waals surface area contributed by atoms with Gasteiger partial charge in [-0.05, 0) is 25.3 Å². The lowest BCUT2D eigenvalue weighted by atomic mass is 9.83. The summed E-state index contributed by atoms with van der Waals surface area (Å²) in [5.41, 5.74) is 1.35. The van der Waals surface area contributed by atoms with Crippen LogP contribution >= 0.6 is 0 Å². The maximum atomic E-state index is 11.2. The highest BCUT2D eigenvalue weighted by molar-refractivity contribution is 5.41. The lowest BCUT2D eigenvalue weighted by molar-refractivity contribution is -0.386. The molecule has 0 radical (unpaired) electrons. The second kappa shape index (κ2) is 6.35. The third-order valence-corrected chi connectivity index (χ3v) is 3.57. The summed E-state index contributed by atoms with van der Waals surface area (Å²) >= 11 is 0. The van der Waals surface area contributed by atoms with Gasteiger partial charge < -0.3 is 5.32 Å². The predicted molar refractivity (Wildman–Crippen MR) is 79.8 cm³/mol. The van der Waals surface area contributed by atoms with Gasteiger partial charge in [0.15, 0.2) is 0 Å². The SMILES string of the molecule is CCCNC(Cc1c([N+](=O)[O-])c(C)nn1C)C(C)(C)C. The van der Waals surface area contributed by atoms with Crippen LogP contribution in [0.25, 0.3) is 0 Å². The zero-order chi connectivity index (χ0) is 15.5. The molecule has 6 heteroatoms. The Kier molecular flexibility index (Phi) is 5.28. The number of nitrogens with one attached hydrogen (secondary N) is 1. The van der Waals surface area contributed by atoms with Crippen molar-refractivity contribution in [3.05, 3.63) is 21.5 Å². The Balaban J connectivity index is 3.08. The first-order valence-electron chi connectivity index (χ1n) is 7.08. The van der Waals surface area contributed by atoms with Crippen LogP contribution in [0.2, 0.25) is 0 Å². The molecule has 0 aliphatic carbocycles. The quantitative estimate of drug-likeness (QED) is 0.643. The average molecular weight is 282 g/mol. The van der Waals surface area contributed by atoms with Crippen LogP contribution in [0, 0.1) is 22.5 Å². The van der Waals surface area contributed by atoms with Gasteiger partial charge in [0, 0.05) is 19.5 Å². The average Bonchev–Trinajstić information content (AvgIpc) is 2.57. The van der Waals surface area contributed by atoms with E-state index >= 15 is 0 Å². The van der Waals surface area contributed by atoms with E-state index in [4.69, 9.17) is 0 Å². The van der Waals surface area contributed by atoms with E-state index in [9.17, 15) is 10.1 Å². The summed E-state index contributed by atoms with van der Waals surface area (Å²) < 4.78 is 1.64. The normalized spacial score (nSPS) is 13.5. The highest BCUT2D eigenvalue weighted by atomic mass is 16.6. The van der Waals surface area contributed by atoms with E-state index in [-0.39, 0.29) is 22.1 Å². The van der Waals surface area contributed by atoms with Crippen LogP contribution < -0.4 is 5.32 Å². The van der Waals surface area contributed by atoms with E-state index in [0.29, 0.717) is 17.8 Å². The van der Waals surface area contributed by atoms with Crippen LogP contribution in [0.3, 0.4) is 0 Å². The Morgan fingerprint density at radius 1 is 1.45 bits per heavy atom. The van der Waals surface area contributed by atoms with E-state index in [1.807, 2.05) is 0 Å². The van der Waals surface area contributed by atoms with Crippen LogP contribution in [-0.2, 0) is 13.5 Å². The molecule has 20 heavy (non-hydrogen) atoms. The van der Waals surface area contributed by atoms with Crippen LogP contribution in [0.4, 0.5) is 5.69 Å². The number of hydrogen-bond donors (Lipinski definition) is 1. The molecular formula is C14H26N4O2. The van der Waals surface area contributed by atoms with Crippen molar-refractivity contribution < 1.29 is 4.92 Å². The fourth-order valence-corrected chi connectivity index (χ4v) is 2.36. The number of rotatable bonds is 6. The first kappa shape index (κ1) is 16.6. The van der Waals surface area contributed by atoms with E-state index in [0.717, 1.165) is 13.0 Å². The Morgan fingerprint density at radius 3 is 2.50 bits per heavy atom. The monoisotopic (exact) mass is 282 g/mol. The van der Waals surface area contributed by atoms with Crippen molar-refractivity contribution in [2.24, 2.45) is 12.5 Å². The summed E-state index contributed by atoms with van der Waals surface area (Å²) in [6.45, 7) is 11.2. The highest BCUT2D eigenvalue weighted by Gasteiger charge is 2.31. The lowest BCUT2D eigenvalue weighted by Crippen LogP contribution is -2.42. The molecule has 114 valence electrons. The molecule has 0 bridgehead atoms. The number of nitro groups is 1. The van der Waals surface area contributed by atoms with Gasteiger partial charge >= 0.3 is 5.69 Å². The number of nitrogens with zero attached hydrogens (tertiary/aromatic N) is 3. The van der Waals surface area contributed by atoms with E-state index in [1.165, 1.54) is 0 Å². The van der Waals surface area contributed by atoms with Gasteiger partial charge in [-0.3, -0.25) is 14.8 Å². The molecular weight excluding hydrogens is 256 g/mol. The lowest BCUT2D eigenvalue weighted by Gasteiger charge is -2.31. The van der Waals surface area contributed by atoms with Gasteiger partial charge in [0.1, 0.15) is 11.4 Å². The molecule has 1 aromatic rings. The van der Waals surface area contributed by atoms with Crippen LogP contribution in [0.5, 0.6) is 0 Å². The molecule has 0 aromatic carbocycles. The zero-order valence-corrected chi connectivity index (χ0v) is 13.4. The van der Waals surface area contributed by atoms with Gasteiger partial charge in [-0.2, -0.15) is 5.10 Å². The minimum Gasteiger partial charge on any atom is -0.313 e. The topological polar surface area (TPSA) is 73.0 Å². The maximum absolute atomic E-state index is 11.2. The number of hydrogen-bond acceptors (Lipinski definition) is 4. The molecule has 1 rings (SSSR count). The van der Waals surface area contributed by atoms with Crippen molar-refractivity contribution in [3.8, 4) is 0 Å². The van der Waals surface area contributed by atoms with Gasteiger partial charge in [-0.1, -0.05) is 27.7 Å². The van der Waals surface area contributed by atoms with Gasteiger partial charge in [-0.15, -0.1) is 0 Å². The van der Waals surface area contributed by atoms with Crippen molar-refractivity contribution in [3.63, 3.8) is 0 Å². The van der Waals surface area contributed by atoms with Gasteiger partial charge in [0.2, 0.25) is 0 Å². The summed E-state index contributed by atoms with van der Waals surface area (Å²) in [5, 5.41) is 18.9. The van der Waals surface area contributed by atoms with Gasteiger partial charge in [0.05, 0.1) is 4.92 Å². The maximum Gasteiger partial charge on any atom is 0.313 e. The summed E-state index contributed by atoms with van der Waals surface area (Å²) in [7, 11) is 1.77. The van der Waals surface area contributed by atoms with E-state index in [1.54, 1.807) is 18.7 Å². The standard InChI is InChI=1S/C14H26N4O2/c1-7-8-15-12(14(3,4)5)9-11-13(18(19)20)10(2)16-17(11)6/h12,15H,7-9H2,1-6H3. The Morgan fingerprint density at radius 2 is 2.05 bits per heavy atom. The molecule has 0 saturated carbocycles. The Hall–Kier alpha value is -1.43. The minimum absolute atomic E-state index is 0.0290. The third kappa shape index (κ3) is 3.79. The molecule has 0 fully saturated rings. The molecule has 1 atom stereocenters. The number of aryl methyl sites for hydroxylation is 2. The van der Waals surface area contributed by atoms with Crippen molar-refractivity contribution in [2.45, 2.75) is 53.5 Å². The minimum atomic E-state index is -0.322. The second-order valence-corrected chi connectivity index (χ2v) is 6.34. The van der Waals surface area contributed by atoms with E-state index in [2.05, 4.69) is 38.1 Å². The molecule has 1 aromatic heterocycles. The molecule has 0 spiro atoms.